The lowest BCUT2D eigenvalue weighted by Gasteiger charge is -2.38. The van der Waals surface area contributed by atoms with Crippen LogP contribution in [0.3, 0.4) is 0 Å². The topological polar surface area (TPSA) is 88.0 Å². The van der Waals surface area contributed by atoms with Gasteiger partial charge in [0.2, 0.25) is 0 Å². The molecule has 5 rings (SSSR count). The van der Waals surface area contributed by atoms with Crippen molar-refractivity contribution in [1.82, 2.24) is 18.2 Å². The van der Waals surface area contributed by atoms with Crippen LogP contribution in [-0.4, -0.2) is 79.1 Å². The number of benzene rings is 1. The Morgan fingerprint density at radius 1 is 0.935 bits per heavy atom. The number of ether oxygens (including phenoxy) is 1. The van der Waals surface area contributed by atoms with Crippen LogP contribution in [0.4, 0.5) is 5.69 Å². The molecule has 1 aromatic carbocycles. The molecule has 1 aromatic heterocycles. The van der Waals surface area contributed by atoms with Gasteiger partial charge in [-0.15, -0.1) is 0 Å². The summed E-state index contributed by atoms with van der Waals surface area (Å²) in [5, 5.41) is 0.645. The predicted octanol–water partition coefficient (Wildman–Crippen LogP) is 1.21. The zero-order valence-electron chi connectivity index (χ0n) is 17.6. The Hall–Kier alpha value is -2.01. The second-order valence-corrected chi connectivity index (χ2v) is 10.4. The molecule has 2 aromatic rings. The quantitative estimate of drug-likeness (QED) is 0.700. The first kappa shape index (κ1) is 20.9. The fourth-order valence-corrected chi connectivity index (χ4v) is 6.44. The summed E-state index contributed by atoms with van der Waals surface area (Å²) in [5.74, 6) is 0. The van der Waals surface area contributed by atoms with Crippen molar-refractivity contribution >= 4 is 26.8 Å². The minimum absolute atomic E-state index is 0.0323. The number of fused-ring (bicyclic) bond motifs is 1. The Labute approximate surface area is 182 Å². The number of aromatic nitrogens is 2. The van der Waals surface area contributed by atoms with Crippen LogP contribution in [0.25, 0.3) is 10.9 Å². The van der Waals surface area contributed by atoms with Gasteiger partial charge in [0.25, 0.3) is 15.8 Å². The second-order valence-electron chi connectivity index (χ2n) is 8.50. The summed E-state index contributed by atoms with van der Waals surface area (Å²) in [6.07, 6.45) is 6.12. The van der Waals surface area contributed by atoms with Gasteiger partial charge in [0, 0.05) is 51.0 Å². The maximum atomic E-state index is 12.9. The first-order valence-corrected chi connectivity index (χ1v) is 12.5. The van der Waals surface area contributed by atoms with E-state index in [4.69, 9.17) is 4.74 Å². The van der Waals surface area contributed by atoms with Crippen molar-refractivity contribution in [1.29, 1.82) is 0 Å². The first-order valence-electron chi connectivity index (χ1n) is 11.1. The van der Waals surface area contributed by atoms with E-state index in [2.05, 4.69) is 9.88 Å². The van der Waals surface area contributed by atoms with Crippen LogP contribution in [0.2, 0.25) is 0 Å². The third-order valence-electron chi connectivity index (χ3n) is 6.71. The number of hydrogen-bond donors (Lipinski definition) is 0. The molecule has 0 spiro atoms. The molecule has 0 amide bonds. The van der Waals surface area contributed by atoms with Crippen molar-refractivity contribution in [3.63, 3.8) is 0 Å². The molecule has 0 radical (unpaired) electrons. The van der Waals surface area contributed by atoms with E-state index < -0.39 is 10.2 Å². The zero-order valence-corrected chi connectivity index (χ0v) is 18.5. The Morgan fingerprint density at radius 3 is 2.32 bits per heavy atom. The third-order valence-corrected chi connectivity index (χ3v) is 8.75. The summed E-state index contributed by atoms with van der Waals surface area (Å²) in [5.41, 5.74) is 1.70. The van der Waals surface area contributed by atoms with Crippen molar-refractivity contribution in [2.45, 2.75) is 31.7 Å². The van der Waals surface area contributed by atoms with Crippen molar-refractivity contribution in [3.8, 4) is 0 Å². The molecule has 3 aliphatic rings. The van der Waals surface area contributed by atoms with Crippen LogP contribution >= 0.6 is 0 Å². The van der Waals surface area contributed by atoms with Crippen molar-refractivity contribution in [2.75, 3.05) is 57.4 Å². The summed E-state index contributed by atoms with van der Waals surface area (Å²) >= 11 is 0. The number of anilines is 1. The molecular formula is C21H29N5O4S. The number of piperazine rings is 1. The van der Waals surface area contributed by atoms with Gasteiger partial charge in [0.15, 0.2) is 0 Å². The van der Waals surface area contributed by atoms with Crippen LogP contribution in [0.5, 0.6) is 0 Å². The number of rotatable bonds is 4. The van der Waals surface area contributed by atoms with Crippen molar-refractivity contribution in [3.05, 3.63) is 34.9 Å². The highest BCUT2D eigenvalue weighted by molar-refractivity contribution is 7.86. The molecule has 1 saturated carbocycles. The second kappa shape index (κ2) is 8.50. The van der Waals surface area contributed by atoms with Gasteiger partial charge in [-0.1, -0.05) is 12.8 Å². The Kier molecular flexibility index (Phi) is 5.72. The molecule has 3 heterocycles. The Morgan fingerprint density at radius 2 is 1.61 bits per heavy atom. The van der Waals surface area contributed by atoms with E-state index in [9.17, 15) is 13.2 Å². The average molecular weight is 448 g/mol. The minimum atomic E-state index is -3.44. The van der Waals surface area contributed by atoms with Gasteiger partial charge in [-0.2, -0.15) is 17.0 Å². The fourth-order valence-electron chi connectivity index (χ4n) is 4.88. The molecule has 0 atom stereocenters. The summed E-state index contributed by atoms with van der Waals surface area (Å²) in [6, 6.07) is 6.03. The van der Waals surface area contributed by atoms with Gasteiger partial charge >= 0.3 is 0 Å². The molecule has 31 heavy (non-hydrogen) atoms. The van der Waals surface area contributed by atoms with E-state index in [1.54, 1.807) is 15.2 Å². The van der Waals surface area contributed by atoms with Crippen LogP contribution < -0.4 is 10.5 Å². The molecule has 0 N–H and O–H groups in total. The van der Waals surface area contributed by atoms with E-state index in [0.29, 0.717) is 63.4 Å². The molecule has 0 bridgehead atoms. The normalized spacial score (nSPS) is 22.4. The van der Waals surface area contributed by atoms with Crippen LogP contribution in [0.1, 0.15) is 31.7 Å². The van der Waals surface area contributed by atoms with Crippen molar-refractivity contribution < 1.29 is 13.2 Å². The first-order chi connectivity index (χ1) is 15.0. The average Bonchev–Trinajstić information content (AvgIpc) is 3.34. The van der Waals surface area contributed by atoms with E-state index in [-0.39, 0.29) is 11.6 Å². The molecule has 168 valence electrons. The van der Waals surface area contributed by atoms with Gasteiger partial charge in [0.05, 0.1) is 30.4 Å². The Balaban J connectivity index is 1.30. The lowest BCUT2D eigenvalue weighted by molar-refractivity contribution is 0.0700. The largest absolute Gasteiger partial charge is 0.379 e. The molecule has 9 nitrogen and oxygen atoms in total. The van der Waals surface area contributed by atoms with Gasteiger partial charge in [-0.25, -0.2) is 4.98 Å². The van der Waals surface area contributed by atoms with Gasteiger partial charge < -0.3 is 9.64 Å². The smallest absolute Gasteiger partial charge is 0.282 e. The molecule has 10 heteroatoms. The molecule has 3 fully saturated rings. The maximum absolute atomic E-state index is 12.9. The number of morpholine rings is 1. The molecular weight excluding hydrogens is 418 g/mol. The number of hydrogen-bond acceptors (Lipinski definition) is 6. The highest BCUT2D eigenvalue weighted by Gasteiger charge is 2.33. The standard InChI is InChI=1S/C21H29N5O4S/c27-21-19-6-5-18(15-20(19)22-16-26(21)17-3-1-2-4-17)23-7-9-24(10-8-23)31(28,29)25-11-13-30-14-12-25/h5-6,15-17H,1-4,7-14H2. The minimum Gasteiger partial charge on any atom is -0.379 e. The molecule has 2 saturated heterocycles. The van der Waals surface area contributed by atoms with Crippen LogP contribution in [0.15, 0.2) is 29.3 Å². The van der Waals surface area contributed by atoms with E-state index in [1.165, 1.54) is 17.1 Å². The lowest BCUT2D eigenvalue weighted by atomic mass is 10.2. The van der Waals surface area contributed by atoms with Gasteiger partial charge in [-0.05, 0) is 31.0 Å². The monoisotopic (exact) mass is 447 g/mol. The summed E-state index contributed by atoms with van der Waals surface area (Å²) in [6.45, 7) is 3.82. The molecule has 0 unspecified atom stereocenters. The van der Waals surface area contributed by atoms with Crippen LogP contribution in [-0.2, 0) is 14.9 Å². The van der Waals surface area contributed by atoms with Crippen molar-refractivity contribution in [2.24, 2.45) is 0 Å². The molecule has 2 aliphatic heterocycles. The summed E-state index contributed by atoms with van der Waals surface area (Å²) < 4.78 is 35.9. The zero-order chi connectivity index (χ0) is 21.4. The SMILES string of the molecule is O=c1c2ccc(N3CCN(S(=O)(=O)N4CCOCC4)CC3)cc2ncn1C1CCCC1. The highest BCUT2D eigenvalue weighted by Crippen LogP contribution is 2.29. The summed E-state index contributed by atoms with van der Waals surface area (Å²) in [7, 11) is -3.44. The van der Waals surface area contributed by atoms with E-state index >= 15 is 0 Å². The number of nitrogens with zero attached hydrogens (tertiary/aromatic N) is 5. The van der Waals surface area contributed by atoms with Gasteiger partial charge in [-0.3, -0.25) is 9.36 Å². The van der Waals surface area contributed by atoms with Gasteiger partial charge in [0.1, 0.15) is 0 Å². The lowest BCUT2D eigenvalue weighted by Crippen LogP contribution is -2.55. The molecule has 1 aliphatic carbocycles. The predicted molar refractivity (Wildman–Crippen MR) is 119 cm³/mol. The fraction of sp³-hybridized carbons (Fsp3) is 0.619. The highest BCUT2D eigenvalue weighted by atomic mass is 32.2. The van der Waals surface area contributed by atoms with Crippen LogP contribution in [0, 0.1) is 0 Å². The van der Waals surface area contributed by atoms with E-state index in [1.807, 2.05) is 18.2 Å². The third kappa shape index (κ3) is 3.97. The summed E-state index contributed by atoms with van der Waals surface area (Å²) in [4.78, 5) is 19.7. The maximum Gasteiger partial charge on any atom is 0.282 e. The van der Waals surface area contributed by atoms with E-state index in [0.717, 1.165) is 18.5 Å². The Bertz CT molecular complexity index is 1100.